The first-order valence-corrected chi connectivity index (χ1v) is 7.03. The first-order chi connectivity index (χ1) is 9.93. The first-order valence-electron chi connectivity index (χ1n) is 6.15. The topological polar surface area (TPSA) is 43.6 Å². The monoisotopic (exact) mass is 280 g/mol. The number of allylic oxidation sites excluding steroid dienone is 2. The minimum Gasteiger partial charge on any atom is -0.183 e. The van der Waals surface area contributed by atoms with Crippen LogP contribution in [-0.4, -0.2) is 20.2 Å². The highest BCUT2D eigenvalue weighted by atomic mass is 32.1. The maximum absolute atomic E-state index is 4.00. The summed E-state index contributed by atoms with van der Waals surface area (Å²) >= 11 is 1.60. The number of nitrogens with zero attached hydrogens (tertiary/aromatic N) is 4. The molecule has 0 aliphatic heterocycles. The second-order valence-electron chi connectivity index (χ2n) is 4.03. The molecule has 3 aromatic rings. The fourth-order valence-corrected chi connectivity index (χ4v) is 2.40. The third-order valence-corrected chi connectivity index (χ3v) is 3.50. The fraction of sp³-hybridized carbons (Fsp3) is 0. The molecule has 0 aliphatic carbocycles. The standard InChI is InChI=1S/C15H12N4S/c1-2-7-13(8-3-1)9-4-5-10-14-16-17-18-19(14)15-11-6-12-20-15/h1-12H/b9-4+,10-5+. The van der Waals surface area contributed by atoms with Crippen LogP contribution in [0, 0.1) is 0 Å². The molecule has 98 valence electrons. The summed E-state index contributed by atoms with van der Waals surface area (Å²) in [5.74, 6) is 0.713. The smallest absolute Gasteiger partial charge is 0.180 e. The lowest BCUT2D eigenvalue weighted by Gasteiger charge is -1.95. The summed E-state index contributed by atoms with van der Waals surface area (Å²) in [6.07, 6.45) is 7.83. The van der Waals surface area contributed by atoms with Gasteiger partial charge in [-0.2, -0.15) is 4.68 Å². The van der Waals surface area contributed by atoms with Crippen LogP contribution >= 0.6 is 11.3 Å². The Kier molecular flexibility index (Phi) is 3.80. The average Bonchev–Trinajstić information content (AvgIpc) is 3.15. The van der Waals surface area contributed by atoms with Gasteiger partial charge in [0, 0.05) is 0 Å². The molecule has 0 amide bonds. The van der Waals surface area contributed by atoms with E-state index in [1.807, 2.05) is 60.0 Å². The molecule has 0 atom stereocenters. The van der Waals surface area contributed by atoms with Gasteiger partial charge in [0.05, 0.1) is 0 Å². The Bertz CT molecular complexity index is 711. The number of hydrogen-bond acceptors (Lipinski definition) is 4. The molecule has 0 radical (unpaired) electrons. The van der Waals surface area contributed by atoms with Crippen molar-refractivity contribution in [3.63, 3.8) is 0 Å². The maximum atomic E-state index is 4.00. The minimum atomic E-state index is 0.713. The van der Waals surface area contributed by atoms with Crippen LogP contribution in [0.1, 0.15) is 11.4 Å². The van der Waals surface area contributed by atoms with E-state index in [0.29, 0.717) is 5.82 Å². The average molecular weight is 280 g/mol. The molecule has 3 rings (SSSR count). The molecular formula is C15H12N4S. The molecule has 20 heavy (non-hydrogen) atoms. The second kappa shape index (κ2) is 6.08. The van der Waals surface area contributed by atoms with Gasteiger partial charge in [-0.05, 0) is 39.6 Å². The van der Waals surface area contributed by atoms with Crippen LogP contribution in [-0.2, 0) is 0 Å². The van der Waals surface area contributed by atoms with Crippen molar-refractivity contribution in [2.45, 2.75) is 0 Å². The van der Waals surface area contributed by atoms with Gasteiger partial charge in [-0.1, -0.05) is 48.6 Å². The number of rotatable bonds is 4. The molecule has 0 unspecified atom stereocenters. The molecule has 0 bridgehead atoms. The van der Waals surface area contributed by atoms with Crippen LogP contribution in [0.15, 0.2) is 60.0 Å². The zero-order valence-corrected chi connectivity index (χ0v) is 11.4. The maximum Gasteiger partial charge on any atom is 0.180 e. The molecule has 0 aliphatic rings. The van der Waals surface area contributed by atoms with Gasteiger partial charge in [0.25, 0.3) is 0 Å². The summed E-state index contributed by atoms with van der Waals surface area (Å²) in [4.78, 5) is 0. The van der Waals surface area contributed by atoms with Crippen LogP contribution in [0.5, 0.6) is 0 Å². The van der Waals surface area contributed by atoms with Gasteiger partial charge in [-0.25, -0.2) is 0 Å². The highest BCUT2D eigenvalue weighted by Gasteiger charge is 2.04. The van der Waals surface area contributed by atoms with Crippen molar-refractivity contribution in [3.05, 3.63) is 71.4 Å². The Hall–Kier alpha value is -2.53. The number of aromatic nitrogens is 4. The number of hydrogen-bond donors (Lipinski definition) is 0. The SMILES string of the molecule is C(/C=C/c1nnnn1-c1cccs1)=C\c1ccccc1. The number of benzene rings is 1. The summed E-state index contributed by atoms with van der Waals surface area (Å²) in [5, 5.41) is 14.7. The normalized spacial score (nSPS) is 11.6. The van der Waals surface area contributed by atoms with Gasteiger partial charge in [-0.15, -0.1) is 16.4 Å². The van der Waals surface area contributed by atoms with Gasteiger partial charge >= 0.3 is 0 Å². The van der Waals surface area contributed by atoms with Crippen LogP contribution in [0.2, 0.25) is 0 Å². The van der Waals surface area contributed by atoms with Crippen LogP contribution in [0.25, 0.3) is 17.2 Å². The highest BCUT2D eigenvalue weighted by Crippen LogP contribution is 2.15. The Morgan fingerprint density at radius 1 is 0.950 bits per heavy atom. The van der Waals surface area contributed by atoms with Gasteiger partial charge in [0.2, 0.25) is 0 Å². The van der Waals surface area contributed by atoms with Crippen molar-refractivity contribution in [2.75, 3.05) is 0 Å². The summed E-state index contributed by atoms with van der Waals surface area (Å²) < 4.78 is 1.72. The molecule has 0 spiro atoms. The lowest BCUT2D eigenvalue weighted by atomic mass is 10.2. The van der Waals surface area contributed by atoms with Crippen LogP contribution in [0.4, 0.5) is 0 Å². The first kappa shape index (κ1) is 12.5. The van der Waals surface area contributed by atoms with Crippen molar-refractivity contribution in [1.29, 1.82) is 0 Å². The van der Waals surface area contributed by atoms with Gasteiger partial charge in [0.1, 0.15) is 5.00 Å². The predicted octanol–water partition coefficient (Wildman–Crippen LogP) is 3.45. The summed E-state index contributed by atoms with van der Waals surface area (Å²) in [6.45, 7) is 0. The van der Waals surface area contributed by atoms with Crippen LogP contribution < -0.4 is 0 Å². The molecule has 2 aromatic heterocycles. The molecular weight excluding hydrogens is 268 g/mol. The quantitative estimate of drug-likeness (QED) is 0.687. The van der Waals surface area contributed by atoms with E-state index >= 15 is 0 Å². The van der Waals surface area contributed by atoms with Crippen molar-refractivity contribution < 1.29 is 0 Å². The summed E-state index contributed by atoms with van der Waals surface area (Å²) in [5.41, 5.74) is 1.16. The highest BCUT2D eigenvalue weighted by molar-refractivity contribution is 7.12. The largest absolute Gasteiger partial charge is 0.183 e. The fourth-order valence-electron chi connectivity index (χ4n) is 1.72. The molecule has 5 heteroatoms. The van der Waals surface area contributed by atoms with E-state index in [9.17, 15) is 0 Å². The molecule has 0 saturated carbocycles. The van der Waals surface area contributed by atoms with Crippen molar-refractivity contribution in [3.8, 4) is 5.00 Å². The van der Waals surface area contributed by atoms with E-state index < -0.39 is 0 Å². The molecule has 0 fully saturated rings. The third kappa shape index (κ3) is 2.89. The van der Waals surface area contributed by atoms with E-state index in [2.05, 4.69) is 27.7 Å². The Morgan fingerprint density at radius 2 is 1.80 bits per heavy atom. The number of thiophene rings is 1. The van der Waals surface area contributed by atoms with E-state index in [1.165, 1.54) is 0 Å². The summed E-state index contributed by atoms with van der Waals surface area (Å²) in [6, 6.07) is 14.1. The third-order valence-electron chi connectivity index (χ3n) is 2.65. The second-order valence-corrected chi connectivity index (χ2v) is 4.96. The molecule has 0 saturated heterocycles. The van der Waals surface area contributed by atoms with Crippen LogP contribution in [0.3, 0.4) is 0 Å². The molecule has 2 heterocycles. The van der Waals surface area contributed by atoms with Gasteiger partial charge < -0.3 is 0 Å². The molecule has 4 nitrogen and oxygen atoms in total. The van der Waals surface area contributed by atoms with E-state index in [-0.39, 0.29) is 0 Å². The van der Waals surface area contributed by atoms with Crippen molar-refractivity contribution >= 4 is 23.5 Å². The zero-order valence-electron chi connectivity index (χ0n) is 10.6. The number of tetrazole rings is 1. The van der Waals surface area contributed by atoms with E-state index in [1.54, 1.807) is 16.0 Å². The van der Waals surface area contributed by atoms with Gasteiger partial charge in [-0.3, -0.25) is 0 Å². The zero-order chi connectivity index (χ0) is 13.6. The molecule has 0 N–H and O–H groups in total. The Balaban J connectivity index is 1.74. The van der Waals surface area contributed by atoms with Crippen molar-refractivity contribution in [2.24, 2.45) is 0 Å². The van der Waals surface area contributed by atoms with Crippen molar-refractivity contribution in [1.82, 2.24) is 20.2 Å². The summed E-state index contributed by atoms with van der Waals surface area (Å²) in [7, 11) is 0. The lowest BCUT2D eigenvalue weighted by molar-refractivity contribution is 0.796. The van der Waals surface area contributed by atoms with Gasteiger partial charge in [0.15, 0.2) is 5.82 Å². The molecule has 1 aromatic carbocycles. The minimum absolute atomic E-state index is 0.713. The predicted molar refractivity (Wildman–Crippen MR) is 81.5 cm³/mol. The van der Waals surface area contributed by atoms with E-state index in [4.69, 9.17) is 0 Å². The van der Waals surface area contributed by atoms with E-state index in [0.717, 1.165) is 10.6 Å². The lowest BCUT2D eigenvalue weighted by Crippen LogP contribution is -1.96. The Labute approximate surface area is 120 Å². The Morgan fingerprint density at radius 3 is 2.60 bits per heavy atom.